The van der Waals surface area contributed by atoms with Crippen LogP contribution in [-0.2, 0) is 9.59 Å². The maximum atomic E-state index is 12.1. The van der Waals surface area contributed by atoms with Crippen molar-refractivity contribution in [2.24, 2.45) is 5.92 Å². The summed E-state index contributed by atoms with van der Waals surface area (Å²) >= 11 is 12.1. The zero-order valence-electron chi connectivity index (χ0n) is 13.1. The number of halogens is 2. The molecule has 1 heterocycles. The third-order valence-electron chi connectivity index (χ3n) is 4.09. The molecule has 1 aromatic carbocycles. The Bertz CT molecular complexity index is 552. The molecule has 0 radical (unpaired) electrons. The van der Waals surface area contributed by atoms with E-state index >= 15 is 0 Å². The van der Waals surface area contributed by atoms with Crippen molar-refractivity contribution in [3.05, 3.63) is 28.2 Å². The lowest BCUT2D eigenvalue weighted by atomic mass is 9.96. The zero-order valence-corrected chi connectivity index (χ0v) is 14.6. The molecule has 0 aliphatic carbocycles. The van der Waals surface area contributed by atoms with Crippen molar-refractivity contribution in [1.82, 2.24) is 10.2 Å². The molecule has 0 atom stereocenters. The van der Waals surface area contributed by atoms with Crippen molar-refractivity contribution < 1.29 is 9.59 Å². The quantitative estimate of drug-likeness (QED) is 0.851. The number of hydrogen-bond acceptors (Lipinski definition) is 3. The summed E-state index contributed by atoms with van der Waals surface area (Å²) in [6.45, 7) is 2.32. The van der Waals surface area contributed by atoms with Gasteiger partial charge in [-0.05, 0) is 38.1 Å². The lowest BCUT2D eigenvalue weighted by molar-refractivity contribution is -0.126. The fraction of sp³-hybridized carbons (Fsp3) is 0.500. The Morgan fingerprint density at radius 1 is 1.22 bits per heavy atom. The van der Waals surface area contributed by atoms with E-state index in [1.807, 2.05) is 0 Å². The first-order valence-corrected chi connectivity index (χ1v) is 8.44. The number of para-hydroxylation sites is 1. The van der Waals surface area contributed by atoms with Crippen LogP contribution in [0.5, 0.6) is 0 Å². The first-order valence-electron chi connectivity index (χ1n) is 7.69. The van der Waals surface area contributed by atoms with Gasteiger partial charge in [0.15, 0.2) is 0 Å². The van der Waals surface area contributed by atoms with Gasteiger partial charge in [0.2, 0.25) is 11.8 Å². The number of nitrogens with zero attached hydrogens (tertiary/aromatic N) is 1. The summed E-state index contributed by atoms with van der Waals surface area (Å²) in [5.41, 5.74) is 0.458. The Kier molecular flexibility index (Phi) is 6.69. The molecule has 23 heavy (non-hydrogen) atoms. The zero-order chi connectivity index (χ0) is 16.8. The summed E-state index contributed by atoms with van der Waals surface area (Å²) in [5.74, 6) is 0.0798. The minimum absolute atomic E-state index is 0.0898. The molecule has 7 heteroatoms. The molecular weight excluding hydrogens is 337 g/mol. The Morgan fingerprint density at radius 3 is 2.39 bits per heavy atom. The normalized spacial score (nSPS) is 16.1. The molecule has 0 bridgehead atoms. The Morgan fingerprint density at radius 2 is 1.83 bits per heavy atom. The minimum Gasteiger partial charge on any atom is -0.359 e. The van der Waals surface area contributed by atoms with E-state index < -0.39 is 0 Å². The SMILES string of the molecule is CNC(=O)C1CCN(CCC(=O)Nc2c(Cl)cccc2Cl)CC1. The number of anilines is 1. The van der Waals surface area contributed by atoms with E-state index in [0.29, 0.717) is 28.7 Å². The van der Waals surface area contributed by atoms with Crippen LogP contribution < -0.4 is 10.6 Å². The third kappa shape index (κ3) is 5.09. The standard InChI is InChI=1S/C16H21Cl2N3O2/c1-19-16(23)11-5-8-21(9-6-11)10-7-14(22)20-15-12(17)3-2-4-13(15)18/h2-4,11H,5-10H2,1H3,(H,19,23)(H,20,22). The Balaban J connectivity index is 1.76. The lowest BCUT2D eigenvalue weighted by Crippen LogP contribution is -2.40. The monoisotopic (exact) mass is 357 g/mol. The van der Waals surface area contributed by atoms with Crippen molar-refractivity contribution in [3.63, 3.8) is 0 Å². The highest BCUT2D eigenvalue weighted by Crippen LogP contribution is 2.29. The first-order chi connectivity index (χ1) is 11.0. The van der Waals surface area contributed by atoms with Gasteiger partial charge in [-0.1, -0.05) is 29.3 Å². The molecule has 1 saturated heterocycles. The van der Waals surface area contributed by atoms with Gasteiger partial charge >= 0.3 is 0 Å². The van der Waals surface area contributed by atoms with Crippen molar-refractivity contribution in [3.8, 4) is 0 Å². The number of hydrogen-bond donors (Lipinski definition) is 2. The lowest BCUT2D eigenvalue weighted by Gasteiger charge is -2.30. The maximum absolute atomic E-state index is 12.1. The summed E-state index contributed by atoms with van der Waals surface area (Å²) < 4.78 is 0. The van der Waals surface area contributed by atoms with Crippen molar-refractivity contribution in [1.29, 1.82) is 0 Å². The number of amides is 2. The average molecular weight is 358 g/mol. The molecule has 2 amide bonds. The van der Waals surface area contributed by atoms with Gasteiger partial charge in [-0.25, -0.2) is 0 Å². The fourth-order valence-corrected chi connectivity index (χ4v) is 3.19. The number of rotatable bonds is 5. The van der Waals surface area contributed by atoms with Crippen molar-refractivity contribution in [2.45, 2.75) is 19.3 Å². The van der Waals surface area contributed by atoms with Crippen LogP contribution in [0.25, 0.3) is 0 Å². The molecular formula is C16H21Cl2N3O2. The molecule has 5 nitrogen and oxygen atoms in total. The number of carbonyl (C=O) groups is 2. The largest absolute Gasteiger partial charge is 0.359 e. The van der Waals surface area contributed by atoms with Crippen LogP contribution in [-0.4, -0.2) is 43.4 Å². The van der Waals surface area contributed by atoms with Gasteiger partial charge < -0.3 is 15.5 Å². The molecule has 0 saturated carbocycles. The van der Waals surface area contributed by atoms with Crippen LogP contribution in [0.3, 0.4) is 0 Å². The highest BCUT2D eigenvalue weighted by Gasteiger charge is 2.24. The number of carbonyl (C=O) groups excluding carboxylic acids is 2. The predicted octanol–water partition coefficient (Wildman–Crippen LogP) is 2.78. The molecule has 1 fully saturated rings. The van der Waals surface area contributed by atoms with E-state index in [2.05, 4.69) is 15.5 Å². The molecule has 2 N–H and O–H groups in total. The van der Waals surface area contributed by atoms with E-state index in [0.717, 1.165) is 25.9 Å². The van der Waals surface area contributed by atoms with Crippen molar-refractivity contribution in [2.75, 3.05) is 32.0 Å². The van der Waals surface area contributed by atoms with E-state index in [9.17, 15) is 9.59 Å². The smallest absolute Gasteiger partial charge is 0.225 e. The van der Waals surface area contributed by atoms with Crippen LogP contribution in [0, 0.1) is 5.92 Å². The number of nitrogens with one attached hydrogen (secondary N) is 2. The van der Waals surface area contributed by atoms with E-state index in [1.54, 1.807) is 25.2 Å². The average Bonchev–Trinajstić information content (AvgIpc) is 2.56. The van der Waals surface area contributed by atoms with E-state index in [-0.39, 0.29) is 17.7 Å². The molecule has 0 aromatic heterocycles. The van der Waals surface area contributed by atoms with Gasteiger partial charge in [0.25, 0.3) is 0 Å². The van der Waals surface area contributed by atoms with Crippen LogP contribution in [0.4, 0.5) is 5.69 Å². The molecule has 1 aliphatic heterocycles. The minimum atomic E-state index is -0.117. The van der Waals surface area contributed by atoms with Gasteiger partial charge in [0.05, 0.1) is 15.7 Å². The molecule has 126 valence electrons. The van der Waals surface area contributed by atoms with Crippen LogP contribution >= 0.6 is 23.2 Å². The van der Waals surface area contributed by atoms with E-state index in [1.165, 1.54) is 0 Å². The molecule has 0 unspecified atom stereocenters. The van der Waals surface area contributed by atoms with Crippen LogP contribution in [0.15, 0.2) is 18.2 Å². The number of benzene rings is 1. The third-order valence-corrected chi connectivity index (χ3v) is 4.72. The second-order valence-corrected chi connectivity index (χ2v) is 6.44. The van der Waals surface area contributed by atoms with Gasteiger partial charge in [-0.15, -0.1) is 0 Å². The second-order valence-electron chi connectivity index (χ2n) is 5.63. The van der Waals surface area contributed by atoms with Gasteiger partial charge in [-0.3, -0.25) is 9.59 Å². The van der Waals surface area contributed by atoms with E-state index in [4.69, 9.17) is 23.2 Å². The Labute approximate surface area is 146 Å². The number of piperidine rings is 1. The maximum Gasteiger partial charge on any atom is 0.225 e. The highest BCUT2D eigenvalue weighted by molar-refractivity contribution is 6.39. The van der Waals surface area contributed by atoms with Gasteiger partial charge in [0.1, 0.15) is 0 Å². The topological polar surface area (TPSA) is 61.4 Å². The van der Waals surface area contributed by atoms with Crippen molar-refractivity contribution >= 4 is 40.7 Å². The predicted molar refractivity (Wildman–Crippen MR) is 92.9 cm³/mol. The summed E-state index contributed by atoms with van der Waals surface area (Å²) in [4.78, 5) is 25.8. The van der Waals surface area contributed by atoms with Crippen LogP contribution in [0.2, 0.25) is 10.0 Å². The highest BCUT2D eigenvalue weighted by atomic mass is 35.5. The second kappa shape index (κ2) is 8.52. The summed E-state index contributed by atoms with van der Waals surface area (Å²) in [6, 6.07) is 5.11. The van der Waals surface area contributed by atoms with Gasteiger partial charge in [-0.2, -0.15) is 0 Å². The molecule has 1 aliphatic rings. The molecule has 2 rings (SSSR count). The summed E-state index contributed by atoms with van der Waals surface area (Å²) in [6.07, 6.45) is 2.03. The number of likely N-dealkylation sites (tertiary alicyclic amines) is 1. The van der Waals surface area contributed by atoms with Gasteiger partial charge in [0, 0.05) is 25.9 Å². The summed E-state index contributed by atoms with van der Waals surface area (Å²) in [7, 11) is 1.67. The summed E-state index contributed by atoms with van der Waals surface area (Å²) in [5, 5.41) is 6.31. The van der Waals surface area contributed by atoms with Crippen LogP contribution in [0.1, 0.15) is 19.3 Å². The Hall–Kier alpha value is -1.30. The fourth-order valence-electron chi connectivity index (χ4n) is 2.70. The molecule has 0 spiro atoms. The first kappa shape index (κ1) is 18.0. The molecule has 1 aromatic rings.